The van der Waals surface area contributed by atoms with Gasteiger partial charge in [0.05, 0.1) is 11.7 Å². The van der Waals surface area contributed by atoms with Gasteiger partial charge < -0.3 is 10.1 Å². The Morgan fingerprint density at radius 1 is 0.711 bits per heavy atom. The van der Waals surface area contributed by atoms with Crippen molar-refractivity contribution in [2.75, 3.05) is 0 Å². The standard InChI is InChI=1S/C36H27NO/c1-36(2)29-16-8-5-14-26(29)33-28-21-22(19-20-32(28)38-31-18-10-7-15-27(31)34(33)36)35-25-13-4-3-11-23(25)24-12-6-9-17-30(24)37-35/h3-21,30,37H,1-2H3. The highest BCUT2D eigenvalue weighted by Crippen LogP contribution is 2.57. The fraction of sp³-hybridized carbons (Fsp3) is 0.111. The molecule has 0 amide bonds. The average molecular weight is 490 g/mol. The molecule has 1 unspecified atom stereocenters. The Kier molecular flexibility index (Phi) is 4.37. The number of rotatable bonds is 1. The third kappa shape index (κ3) is 2.89. The van der Waals surface area contributed by atoms with E-state index in [4.69, 9.17) is 4.74 Å². The molecular weight excluding hydrogens is 462 g/mol. The lowest BCUT2D eigenvalue weighted by molar-refractivity contribution is 0.480. The number of nitrogens with one attached hydrogen (secondary N) is 1. The van der Waals surface area contributed by atoms with E-state index in [0.717, 1.165) is 22.8 Å². The maximum Gasteiger partial charge on any atom is 0.135 e. The van der Waals surface area contributed by atoms with E-state index >= 15 is 0 Å². The molecule has 0 saturated heterocycles. The summed E-state index contributed by atoms with van der Waals surface area (Å²) >= 11 is 0. The largest absolute Gasteiger partial charge is 0.456 e. The Labute approximate surface area is 222 Å². The summed E-state index contributed by atoms with van der Waals surface area (Å²) in [6.45, 7) is 4.68. The number of fused-ring (bicyclic) bond motifs is 8. The molecule has 2 aliphatic heterocycles. The number of ether oxygens (including phenoxy) is 1. The lowest BCUT2D eigenvalue weighted by atomic mass is 9.78. The highest BCUT2D eigenvalue weighted by molar-refractivity contribution is 6.10. The highest BCUT2D eigenvalue weighted by atomic mass is 16.5. The van der Waals surface area contributed by atoms with Gasteiger partial charge in [0, 0.05) is 21.8 Å². The summed E-state index contributed by atoms with van der Waals surface area (Å²) in [4.78, 5) is 0. The lowest BCUT2D eigenvalue weighted by Crippen LogP contribution is -2.45. The number of hydrogen-bond acceptors (Lipinski definition) is 2. The molecule has 0 saturated carbocycles. The summed E-state index contributed by atoms with van der Waals surface area (Å²) in [6.07, 6.45) is 8.72. The summed E-state index contributed by atoms with van der Waals surface area (Å²) in [7, 11) is 0. The van der Waals surface area contributed by atoms with Gasteiger partial charge in [-0.05, 0) is 62.9 Å². The molecule has 2 nitrogen and oxygen atoms in total. The molecule has 4 aliphatic rings. The van der Waals surface area contributed by atoms with E-state index in [0.29, 0.717) is 0 Å². The molecule has 2 heteroatoms. The van der Waals surface area contributed by atoms with Crippen LogP contribution < -0.4 is 20.5 Å². The molecule has 2 heterocycles. The molecule has 4 aromatic rings. The molecule has 2 aliphatic carbocycles. The van der Waals surface area contributed by atoms with Crippen LogP contribution in [0.5, 0.6) is 11.5 Å². The quantitative estimate of drug-likeness (QED) is 0.332. The Morgan fingerprint density at radius 2 is 1.45 bits per heavy atom. The van der Waals surface area contributed by atoms with Crippen LogP contribution in [0.4, 0.5) is 0 Å². The van der Waals surface area contributed by atoms with Crippen molar-refractivity contribution < 1.29 is 4.74 Å². The van der Waals surface area contributed by atoms with Crippen LogP contribution in [0.3, 0.4) is 0 Å². The van der Waals surface area contributed by atoms with Crippen molar-refractivity contribution in [2.45, 2.75) is 25.3 Å². The Bertz CT molecular complexity index is 1900. The first-order chi connectivity index (χ1) is 18.6. The minimum Gasteiger partial charge on any atom is -0.456 e. The normalized spacial score (nSPS) is 19.3. The molecule has 1 atom stereocenters. The van der Waals surface area contributed by atoms with Crippen molar-refractivity contribution in [3.05, 3.63) is 154 Å². The predicted molar refractivity (Wildman–Crippen MR) is 155 cm³/mol. The monoisotopic (exact) mass is 489 g/mol. The first-order valence-corrected chi connectivity index (χ1v) is 13.3. The molecule has 0 fully saturated rings. The zero-order valence-corrected chi connectivity index (χ0v) is 21.5. The summed E-state index contributed by atoms with van der Waals surface area (Å²) in [5.41, 5.74) is 11.1. The Hall–Kier alpha value is -4.56. The Morgan fingerprint density at radius 3 is 2.34 bits per heavy atom. The molecule has 8 rings (SSSR count). The van der Waals surface area contributed by atoms with Gasteiger partial charge in [0.25, 0.3) is 0 Å². The van der Waals surface area contributed by atoms with Crippen molar-refractivity contribution in [3.8, 4) is 11.5 Å². The molecule has 4 aromatic carbocycles. The maximum atomic E-state index is 6.65. The van der Waals surface area contributed by atoms with Crippen molar-refractivity contribution in [1.82, 2.24) is 5.32 Å². The van der Waals surface area contributed by atoms with Crippen LogP contribution >= 0.6 is 0 Å². The lowest BCUT2D eigenvalue weighted by Gasteiger charge is -2.27. The first kappa shape index (κ1) is 21.5. The second kappa shape index (κ2) is 7.72. The van der Waals surface area contributed by atoms with Gasteiger partial charge in [0.2, 0.25) is 0 Å². The van der Waals surface area contributed by atoms with Crippen LogP contribution in [-0.2, 0) is 5.41 Å². The molecule has 0 bridgehead atoms. The van der Waals surface area contributed by atoms with E-state index in [2.05, 4.69) is 134 Å². The van der Waals surface area contributed by atoms with Gasteiger partial charge in [-0.2, -0.15) is 0 Å². The van der Waals surface area contributed by atoms with Crippen molar-refractivity contribution in [1.29, 1.82) is 0 Å². The molecule has 0 aromatic heterocycles. The zero-order valence-electron chi connectivity index (χ0n) is 21.5. The van der Waals surface area contributed by atoms with Crippen LogP contribution in [0.15, 0.2) is 115 Å². The van der Waals surface area contributed by atoms with Gasteiger partial charge in [-0.1, -0.05) is 105 Å². The SMILES string of the molecule is CC1(C)C2=C(c3cc(C4=c5ccccc5=C5C=CC=CC5N4)ccc3Oc3ccccc32)c2ccccc21. The minimum atomic E-state index is -0.144. The van der Waals surface area contributed by atoms with Crippen LogP contribution in [0.1, 0.15) is 41.7 Å². The third-order valence-electron chi connectivity index (χ3n) is 8.49. The molecule has 0 radical (unpaired) electrons. The molecule has 38 heavy (non-hydrogen) atoms. The van der Waals surface area contributed by atoms with Gasteiger partial charge in [-0.15, -0.1) is 0 Å². The number of hydrogen-bond donors (Lipinski definition) is 1. The van der Waals surface area contributed by atoms with Crippen LogP contribution in [0.2, 0.25) is 0 Å². The van der Waals surface area contributed by atoms with E-state index in [9.17, 15) is 0 Å². The number of benzene rings is 4. The van der Waals surface area contributed by atoms with E-state index < -0.39 is 0 Å². The second-order valence-electron chi connectivity index (χ2n) is 11.0. The van der Waals surface area contributed by atoms with Crippen molar-refractivity contribution in [2.24, 2.45) is 0 Å². The van der Waals surface area contributed by atoms with E-state index in [1.54, 1.807) is 0 Å². The number of allylic oxidation sites excluding steroid dienone is 3. The molecule has 1 N–H and O–H groups in total. The average Bonchev–Trinajstić information content (AvgIpc) is 3.09. The predicted octanol–water partition coefficient (Wildman–Crippen LogP) is 6.45. The van der Waals surface area contributed by atoms with Gasteiger partial charge in [0.15, 0.2) is 0 Å². The number of para-hydroxylation sites is 1. The van der Waals surface area contributed by atoms with Gasteiger partial charge in [-0.3, -0.25) is 0 Å². The zero-order chi connectivity index (χ0) is 25.4. The molecule has 0 spiro atoms. The molecular formula is C36H27NO. The topological polar surface area (TPSA) is 21.3 Å². The van der Waals surface area contributed by atoms with Crippen LogP contribution in [0.25, 0.3) is 22.4 Å². The second-order valence-corrected chi connectivity index (χ2v) is 11.0. The molecule has 182 valence electrons. The van der Waals surface area contributed by atoms with Crippen LogP contribution in [0, 0.1) is 0 Å². The maximum absolute atomic E-state index is 6.65. The van der Waals surface area contributed by atoms with Crippen molar-refractivity contribution >= 4 is 22.4 Å². The summed E-state index contributed by atoms with van der Waals surface area (Å²) in [5, 5.41) is 6.37. The van der Waals surface area contributed by atoms with E-state index in [-0.39, 0.29) is 11.5 Å². The highest BCUT2D eigenvalue weighted by Gasteiger charge is 2.42. The first-order valence-electron chi connectivity index (χ1n) is 13.3. The smallest absolute Gasteiger partial charge is 0.135 e. The summed E-state index contributed by atoms with van der Waals surface area (Å²) < 4.78 is 6.65. The van der Waals surface area contributed by atoms with Crippen molar-refractivity contribution in [3.63, 3.8) is 0 Å². The summed E-state index contributed by atoms with van der Waals surface area (Å²) in [5.74, 6) is 1.82. The third-order valence-corrected chi connectivity index (χ3v) is 8.49. The van der Waals surface area contributed by atoms with Gasteiger partial charge in [0.1, 0.15) is 11.5 Å². The summed E-state index contributed by atoms with van der Waals surface area (Å²) in [6, 6.07) is 32.9. The van der Waals surface area contributed by atoms with Gasteiger partial charge in [-0.25, -0.2) is 0 Å². The van der Waals surface area contributed by atoms with E-state index in [1.807, 2.05) is 0 Å². The Balaban J connectivity index is 1.44. The fourth-order valence-electron chi connectivity index (χ4n) is 6.78. The minimum absolute atomic E-state index is 0.144. The van der Waals surface area contributed by atoms with E-state index in [1.165, 1.54) is 49.4 Å². The fourth-order valence-corrected chi connectivity index (χ4v) is 6.78. The van der Waals surface area contributed by atoms with Gasteiger partial charge >= 0.3 is 0 Å². The van der Waals surface area contributed by atoms with Crippen LogP contribution in [-0.4, -0.2) is 6.04 Å².